The fourth-order valence-electron chi connectivity index (χ4n) is 1.80. The molecular formula is C16H26N4O. The van der Waals surface area contributed by atoms with Crippen molar-refractivity contribution in [1.82, 2.24) is 16.0 Å². The minimum atomic E-state index is -0.0403. The van der Waals surface area contributed by atoms with E-state index in [1.807, 2.05) is 31.2 Å². The lowest BCUT2D eigenvalue weighted by atomic mass is 10.1. The van der Waals surface area contributed by atoms with Crippen LogP contribution < -0.4 is 16.0 Å². The smallest absolute Gasteiger partial charge is 0.251 e. The fraction of sp³-hybridized carbons (Fsp3) is 0.500. The van der Waals surface area contributed by atoms with Crippen LogP contribution in [0.15, 0.2) is 29.3 Å². The number of hydrogen-bond acceptors (Lipinski definition) is 2. The van der Waals surface area contributed by atoms with Crippen LogP contribution in [0.2, 0.25) is 0 Å². The number of rotatable bonds is 6. The van der Waals surface area contributed by atoms with Crippen molar-refractivity contribution in [2.24, 2.45) is 4.99 Å². The molecule has 1 unspecified atom stereocenters. The van der Waals surface area contributed by atoms with Gasteiger partial charge in [-0.25, -0.2) is 0 Å². The van der Waals surface area contributed by atoms with Crippen LogP contribution in [0.5, 0.6) is 0 Å². The van der Waals surface area contributed by atoms with E-state index in [0.717, 1.165) is 17.9 Å². The molecule has 0 heterocycles. The SMILES string of the molecule is CCNC(=O)c1cccc(CNC(=NC)NC(C)CC)c1. The third-order valence-electron chi connectivity index (χ3n) is 3.21. The summed E-state index contributed by atoms with van der Waals surface area (Å²) in [6.07, 6.45) is 1.04. The summed E-state index contributed by atoms with van der Waals surface area (Å²) < 4.78 is 0. The van der Waals surface area contributed by atoms with Crippen LogP contribution in [0.1, 0.15) is 43.1 Å². The second kappa shape index (κ2) is 9.00. The van der Waals surface area contributed by atoms with Crippen molar-refractivity contribution in [1.29, 1.82) is 0 Å². The number of benzene rings is 1. The van der Waals surface area contributed by atoms with E-state index in [1.54, 1.807) is 7.05 Å². The summed E-state index contributed by atoms with van der Waals surface area (Å²) in [6, 6.07) is 7.98. The number of carbonyl (C=O) groups excluding carboxylic acids is 1. The highest BCUT2D eigenvalue weighted by Crippen LogP contribution is 2.05. The lowest BCUT2D eigenvalue weighted by Gasteiger charge is -2.16. The largest absolute Gasteiger partial charge is 0.354 e. The van der Waals surface area contributed by atoms with Crippen LogP contribution in [0.25, 0.3) is 0 Å². The summed E-state index contributed by atoms with van der Waals surface area (Å²) in [7, 11) is 1.75. The van der Waals surface area contributed by atoms with Crippen molar-refractivity contribution in [2.75, 3.05) is 13.6 Å². The average molecular weight is 290 g/mol. The van der Waals surface area contributed by atoms with Crippen molar-refractivity contribution in [3.8, 4) is 0 Å². The lowest BCUT2D eigenvalue weighted by molar-refractivity contribution is 0.0955. The van der Waals surface area contributed by atoms with Gasteiger partial charge in [-0.2, -0.15) is 0 Å². The van der Waals surface area contributed by atoms with Crippen LogP contribution in [0, 0.1) is 0 Å². The molecule has 21 heavy (non-hydrogen) atoms. The number of carbonyl (C=O) groups is 1. The molecule has 1 rings (SSSR count). The molecule has 0 fully saturated rings. The van der Waals surface area contributed by atoms with Crippen molar-refractivity contribution in [3.05, 3.63) is 35.4 Å². The van der Waals surface area contributed by atoms with Gasteiger partial charge in [0, 0.05) is 31.7 Å². The van der Waals surface area contributed by atoms with E-state index < -0.39 is 0 Å². The zero-order chi connectivity index (χ0) is 15.7. The molecule has 1 aromatic rings. The maximum Gasteiger partial charge on any atom is 0.251 e. The molecule has 1 atom stereocenters. The molecule has 0 aromatic heterocycles. The van der Waals surface area contributed by atoms with E-state index in [2.05, 4.69) is 34.8 Å². The first-order chi connectivity index (χ1) is 10.1. The highest BCUT2D eigenvalue weighted by molar-refractivity contribution is 5.94. The average Bonchev–Trinajstić information content (AvgIpc) is 2.51. The van der Waals surface area contributed by atoms with Crippen LogP contribution in [0.4, 0.5) is 0 Å². The maximum absolute atomic E-state index is 11.8. The topological polar surface area (TPSA) is 65.5 Å². The van der Waals surface area contributed by atoms with E-state index in [4.69, 9.17) is 0 Å². The zero-order valence-electron chi connectivity index (χ0n) is 13.4. The van der Waals surface area contributed by atoms with Gasteiger partial charge in [0.2, 0.25) is 0 Å². The number of nitrogens with zero attached hydrogens (tertiary/aromatic N) is 1. The van der Waals surface area contributed by atoms with Gasteiger partial charge < -0.3 is 16.0 Å². The highest BCUT2D eigenvalue weighted by atomic mass is 16.1. The molecule has 0 saturated carbocycles. The van der Waals surface area contributed by atoms with Gasteiger partial charge in [0.15, 0.2) is 5.96 Å². The number of aliphatic imine (C=N–C) groups is 1. The van der Waals surface area contributed by atoms with Crippen LogP contribution in [-0.2, 0) is 6.54 Å². The normalized spacial score (nSPS) is 12.7. The molecule has 0 aliphatic heterocycles. The quantitative estimate of drug-likeness (QED) is 0.554. The van der Waals surface area contributed by atoms with Crippen molar-refractivity contribution in [2.45, 2.75) is 39.8 Å². The molecule has 3 N–H and O–H groups in total. The Bertz CT molecular complexity index is 485. The van der Waals surface area contributed by atoms with Gasteiger partial charge in [-0.1, -0.05) is 19.1 Å². The monoisotopic (exact) mass is 290 g/mol. The Morgan fingerprint density at radius 3 is 2.67 bits per heavy atom. The van der Waals surface area contributed by atoms with Gasteiger partial charge in [0.05, 0.1) is 0 Å². The van der Waals surface area contributed by atoms with Crippen molar-refractivity contribution in [3.63, 3.8) is 0 Å². The number of amides is 1. The molecule has 0 aliphatic carbocycles. The van der Waals surface area contributed by atoms with E-state index >= 15 is 0 Å². The number of guanidine groups is 1. The van der Waals surface area contributed by atoms with Crippen LogP contribution in [0.3, 0.4) is 0 Å². The minimum absolute atomic E-state index is 0.0403. The van der Waals surface area contributed by atoms with Crippen molar-refractivity contribution < 1.29 is 4.79 Å². The molecule has 5 heteroatoms. The molecule has 0 spiro atoms. The number of hydrogen-bond donors (Lipinski definition) is 3. The first kappa shape index (κ1) is 17.0. The first-order valence-corrected chi connectivity index (χ1v) is 7.45. The molecule has 0 radical (unpaired) electrons. The molecule has 1 aromatic carbocycles. The molecule has 1 amide bonds. The van der Waals surface area contributed by atoms with Gasteiger partial charge in [0.1, 0.15) is 0 Å². The Balaban J connectivity index is 2.62. The summed E-state index contributed by atoms with van der Waals surface area (Å²) in [5.74, 6) is 0.731. The van der Waals surface area contributed by atoms with Gasteiger partial charge in [-0.15, -0.1) is 0 Å². The standard InChI is InChI=1S/C16H26N4O/c1-5-12(3)20-16(17-4)19-11-13-8-7-9-14(10-13)15(21)18-6-2/h7-10,12H,5-6,11H2,1-4H3,(H,18,21)(H2,17,19,20). The predicted octanol–water partition coefficient (Wildman–Crippen LogP) is 1.90. The molecule has 0 bridgehead atoms. The summed E-state index contributed by atoms with van der Waals surface area (Å²) in [4.78, 5) is 16.0. The Morgan fingerprint density at radius 1 is 1.29 bits per heavy atom. The maximum atomic E-state index is 11.8. The third kappa shape index (κ3) is 5.85. The van der Waals surface area contributed by atoms with Gasteiger partial charge >= 0.3 is 0 Å². The molecule has 0 aliphatic rings. The first-order valence-electron chi connectivity index (χ1n) is 7.45. The molecule has 5 nitrogen and oxygen atoms in total. The molecule has 116 valence electrons. The van der Waals surface area contributed by atoms with E-state index in [-0.39, 0.29) is 5.91 Å². The fourth-order valence-corrected chi connectivity index (χ4v) is 1.80. The Labute approximate surface area is 127 Å². The van der Waals surface area contributed by atoms with Gasteiger partial charge in [0.25, 0.3) is 5.91 Å². The third-order valence-corrected chi connectivity index (χ3v) is 3.21. The van der Waals surface area contributed by atoms with Crippen molar-refractivity contribution >= 4 is 11.9 Å². The Hall–Kier alpha value is -2.04. The number of nitrogens with one attached hydrogen (secondary N) is 3. The lowest BCUT2D eigenvalue weighted by Crippen LogP contribution is -2.41. The van der Waals surface area contributed by atoms with E-state index in [0.29, 0.717) is 24.7 Å². The second-order valence-electron chi connectivity index (χ2n) is 4.94. The summed E-state index contributed by atoms with van der Waals surface area (Å²) in [5, 5.41) is 9.36. The summed E-state index contributed by atoms with van der Waals surface area (Å²) in [6.45, 7) is 7.41. The summed E-state index contributed by atoms with van der Waals surface area (Å²) in [5.41, 5.74) is 1.73. The van der Waals surface area contributed by atoms with Gasteiger partial charge in [-0.3, -0.25) is 9.79 Å². The Kier molecular flexibility index (Phi) is 7.29. The summed E-state index contributed by atoms with van der Waals surface area (Å²) >= 11 is 0. The second-order valence-corrected chi connectivity index (χ2v) is 4.94. The Morgan fingerprint density at radius 2 is 2.05 bits per heavy atom. The van der Waals surface area contributed by atoms with Crippen LogP contribution in [-0.4, -0.2) is 31.5 Å². The molecular weight excluding hydrogens is 264 g/mol. The zero-order valence-corrected chi connectivity index (χ0v) is 13.4. The van der Waals surface area contributed by atoms with Gasteiger partial charge in [-0.05, 0) is 38.0 Å². The minimum Gasteiger partial charge on any atom is -0.354 e. The highest BCUT2D eigenvalue weighted by Gasteiger charge is 2.06. The predicted molar refractivity (Wildman–Crippen MR) is 87.5 cm³/mol. The molecule has 0 saturated heterocycles. The van der Waals surface area contributed by atoms with E-state index in [1.165, 1.54) is 0 Å². The van der Waals surface area contributed by atoms with E-state index in [9.17, 15) is 4.79 Å². The van der Waals surface area contributed by atoms with Crippen LogP contribution >= 0.6 is 0 Å².